The highest BCUT2D eigenvalue weighted by Crippen LogP contribution is 2.36. The zero-order chi connectivity index (χ0) is 15.4. The second-order valence-electron chi connectivity index (χ2n) is 6.42. The molecule has 2 aliphatic rings. The van der Waals surface area contributed by atoms with Gasteiger partial charge in [0.05, 0.1) is 13.2 Å². The van der Waals surface area contributed by atoms with Crippen molar-refractivity contribution in [1.29, 1.82) is 0 Å². The SMILES string of the molecule is COc1cccc2c1CCC2NC(=O)CCC1CCNCC1. The third kappa shape index (κ3) is 3.43. The van der Waals surface area contributed by atoms with Crippen molar-refractivity contribution in [3.63, 3.8) is 0 Å². The monoisotopic (exact) mass is 302 g/mol. The molecule has 4 nitrogen and oxygen atoms in total. The first kappa shape index (κ1) is 15.3. The molecule has 1 fully saturated rings. The first-order valence-electron chi connectivity index (χ1n) is 8.44. The topological polar surface area (TPSA) is 50.4 Å². The van der Waals surface area contributed by atoms with Crippen molar-refractivity contribution in [3.8, 4) is 5.75 Å². The van der Waals surface area contributed by atoms with Crippen molar-refractivity contribution in [3.05, 3.63) is 29.3 Å². The molecule has 1 aromatic carbocycles. The molecule has 1 aliphatic heterocycles. The molecule has 0 spiro atoms. The standard InChI is InChI=1S/C18H26N2O2/c1-22-17-4-2-3-14-15(17)6-7-16(14)20-18(21)8-5-13-9-11-19-12-10-13/h2-4,13,16,19H,5-12H2,1H3,(H,20,21). The Labute approximate surface area is 132 Å². The molecule has 1 amide bonds. The van der Waals surface area contributed by atoms with Gasteiger partial charge < -0.3 is 15.4 Å². The zero-order valence-corrected chi connectivity index (χ0v) is 13.4. The Bertz CT molecular complexity index is 524. The van der Waals surface area contributed by atoms with Gasteiger partial charge in [-0.05, 0) is 68.3 Å². The summed E-state index contributed by atoms with van der Waals surface area (Å²) in [5, 5.41) is 6.59. The van der Waals surface area contributed by atoms with E-state index in [4.69, 9.17) is 4.74 Å². The van der Waals surface area contributed by atoms with E-state index in [1.54, 1.807) is 7.11 Å². The molecule has 1 aromatic rings. The molecule has 0 aromatic heterocycles. The van der Waals surface area contributed by atoms with E-state index in [9.17, 15) is 4.79 Å². The number of carbonyl (C=O) groups excluding carboxylic acids is 1. The van der Waals surface area contributed by atoms with Crippen LogP contribution in [0.1, 0.15) is 49.3 Å². The first-order valence-corrected chi connectivity index (χ1v) is 8.44. The van der Waals surface area contributed by atoms with Gasteiger partial charge in [0.15, 0.2) is 0 Å². The molecule has 1 saturated heterocycles. The summed E-state index contributed by atoms with van der Waals surface area (Å²) in [6.07, 6.45) is 6.05. The highest BCUT2D eigenvalue weighted by atomic mass is 16.5. The van der Waals surface area contributed by atoms with Crippen molar-refractivity contribution >= 4 is 5.91 Å². The minimum atomic E-state index is 0.158. The molecule has 120 valence electrons. The Balaban J connectivity index is 1.53. The summed E-state index contributed by atoms with van der Waals surface area (Å²) in [6, 6.07) is 6.28. The molecule has 0 saturated carbocycles. The lowest BCUT2D eigenvalue weighted by Gasteiger charge is -2.22. The van der Waals surface area contributed by atoms with Crippen LogP contribution in [-0.2, 0) is 11.2 Å². The minimum Gasteiger partial charge on any atom is -0.496 e. The molecule has 0 bridgehead atoms. The number of hydrogen-bond acceptors (Lipinski definition) is 3. The molecule has 1 atom stereocenters. The number of methoxy groups -OCH3 is 1. The Morgan fingerprint density at radius 2 is 2.14 bits per heavy atom. The van der Waals surface area contributed by atoms with Gasteiger partial charge in [0, 0.05) is 6.42 Å². The second-order valence-corrected chi connectivity index (χ2v) is 6.42. The highest BCUT2D eigenvalue weighted by molar-refractivity contribution is 5.76. The minimum absolute atomic E-state index is 0.158. The number of rotatable bonds is 5. The van der Waals surface area contributed by atoms with Crippen LogP contribution in [0, 0.1) is 5.92 Å². The van der Waals surface area contributed by atoms with Crippen LogP contribution in [0.3, 0.4) is 0 Å². The molecule has 1 unspecified atom stereocenters. The van der Waals surface area contributed by atoms with Gasteiger partial charge in [-0.15, -0.1) is 0 Å². The van der Waals surface area contributed by atoms with Crippen LogP contribution in [-0.4, -0.2) is 26.1 Å². The van der Waals surface area contributed by atoms with Gasteiger partial charge in [0.2, 0.25) is 5.91 Å². The van der Waals surface area contributed by atoms with Crippen LogP contribution in [0.15, 0.2) is 18.2 Å². The average Bonchev–Trinajstić information content (AvgIpc) is 2.97. The van der Waals surface area contributed by atoms with Gasteiger partial charge in [-0.3, -0.25) is 4.79 Å². The summed E-state index contributed by atoms with van der Waals surface area (Å²) >= 11 is 0. The fourth-order valence-corrected chi connectivity index (χ4v) is 3.73. The van der Waals surface area contributed by atoms with E-state index < -0.39 is 0 Å². The maximum atomic E-state index is 12.2. The molecular formula is C18H26N2O2. The number of fused-ring (bicyclic) bond motifs is 1. The first-order chi connectivity index (χ1) is 10.8. The van der Waals surface area contributed by atoms with Gasteiger partial charge in [-0.1, -0.05) is 12.1 Å². The van der Waals surface area contributed by atoms with Crippen molar-refractivity contribution in [1.82, 2.24) is 10.6 Å². The van der Waals surface area contributed by atoms with E-state index in [0.717, 1.165) is 38.1 Å². The van der Waals surface area contributed by atoms with Crippen LogP contribution in [0.25, 0.3) is 0 Å². The van der Waals surface area contributed by atoms with Crippen LogP contribution in [0.4, 0.5) is 0 Å². The zero-order valence-electron chi connectivity index (χ0n) is 13.4. The lowest BCUT2D eigenvalue weighted by atomic mass is 9.93. The summed E-state index contributed by atoms with van der Waals surface area (Å²) in [4.78, 5) is 12.2. The smallest absolute Gasteiger partial charge is 0.220 e. The predicted molar refractivity (Wildman–Crippen MR) is 87.0 cm³/mol. The molecule has 0 radical (unpaired) electrons. The number of benzene rings is 1. The fraction of sp³-hybridized carbons (Fsp3) is 0.611. The Kier molecular flexibility index (Phi) is 4.98. The van der Waals surface area contributed by atoms with E-state index in [-0.39, 0.29) is 11.9 Å². The lowest BCUT2D eigenvalue weighted by molar-refractivity contribution is -0.122. The molecule has 3 rings (SSSR count). The van der Waals surface area contributed by atoms with Gasteiger partial charge >= 0.3 is 0 Å². The number of hydrogen-bond donors (Lipinski definition) is 2. The predicted octanol–water partition coefficient (Wildman–Crippen LogP) is 2.58. The second kappa shape index (κ2) is 7.14. The maximum absolute atomic E-state index is 12.2. The van der Waals surface area contributed by atoms with Crippen molar-refractivity contribution in [2.75, 3.05) is 20.2 Å². The number of piperidine rings is 1. The fourth-order valence-electron chi connectivity index (χ4n) is 3.73. The summed E-state index contributed by atoms with van der Waals surface area (Å²) in [6.45, 7) is 2.20. The van der Waals surface area contributed by atoms with Crippen LogP contribution in [0.5, 0.6) is 5.75 Å². The Morgan fingerprint density at radius 1 is 1.32 bits per heavy atom. The van der Waals surface area contributed by atoms with Crippen molar-refractivity contribution < 1.29 is 9.53 Å². The quantitative estimate of drug-likeness (QED) is 0.879. The molecule has 4 heteroatoms. The van der Waals surface area contributed by atoms with E-state index in [1.165, 1.54) is 24.0 Å². The third-order valence-electron chi connectivity index (χ3n) is 5.02. The highest BCUT2D eigenvalue weighted by Gasteiger charge is 2.26. The molecule has 1 aliphatic carbocycles. The van der Waals surface area contributed by atoms with Crippen LogP contribution >= 0.6 is 0 Å². The van der Waals surface area contributed by atoms with Gasteiger partial charge in [-0.2, -0.15) is 0 Å². The summed E-state index contributed by atoms with van der Waals surface area (Å²) < 4.78 is 5.42. The van der Waals surface area contributed by atoms with Gasteiger partial charge in [0.25, 0.3) is 0 Å². The summed E-state index contributed by atoms with van der Waals surface area (Å²) in [5.41, 5.74) is 2.49. The Hall–Kier alpha value is -1.55. The maximum Gasteiger partial charge on any atom is 0.220 e. The van der Waals surface area contributed by atoms with Crippen LogP contribution in [0.2, 0.25) is 0 Å². The largest absolute Gasteiger partial charge is 0.496 e. The van der Waals surface area contributed by atoms with Gasteiger partial charge in [0.1, 0.15) is 5.75 Å². The summed E-state index contributed by atoms with van der Waals surface area (Å²) in [5.74, 6) is 1.85. The number of carbonyl (C=O) groups is 1. The number of ether oxygens (including phenoxy) is 1. The van der Waals surface area contributed by atoms with Crippen LogP contribution < -0.4 is 15.4 Å². The van der Waals surface area contributed by atoms with E-state index in [0.29, 0.717) is 12.3 Å². The van der Waals surface area contributed by atoms with E-state index in [1.807, 2.05) is 12.1 Å². The molecule has 2 N–H and O–H groups in total. The lowest BCUT2D eigenvalue weighted by Crippen LogP contribution is -2.30. The van der Waals surface area contributed by atoms with E-state index >= 15 is 0 Å². The molecule has 1 heterocycles. The number of amides is 1. The Morgan fingerprint density at radius 3 is 2.91 bits per heavy atom. The van der Waals surface area contributed by atoms with Crippen molar-refractivity contribution in [2.45, 2.75) is 44.6 Å². The molecular weight excluding hydrogens is 276 g/mol. The summed E-state index contributed by atoms with van der Waals surface area (Å²) in [7, 11) is 1.71. The van der Waals surface area contributed by atoms with Gasteiger partial charge in [-0.25, -0.2) is 0 Å². The van der Waals surface area contributed by atoms with E-state index in [2.05, 4.69) is 16.7 Å². The molecule has 22 heavy (non-hydrogen) atoms. The third-order valence-corrected chi connectivity index (χ3v) is 5.02. The normalized spacial score (nSPS) is 21.4. The number of nitrogens with one attached hydrogen (secondary N) is 2. The van der Waals surface area contributed by atoms with Crippen molar-refractivity contribution in [2.24, 2.45) is 5.92 Å². The average molecular weight is 302 g/mol.